The van der Waals surface area contributed by atoms with Crippen molar-refractivity contribution in [3.05, 3.63) is 23.3 Å². The van der Waals surface area contributed by atoms with Gasteiger partial charge >= 0.3 is 0 Å². The van der Waals surface area contributed by atoms with Gasteiger partial charge in [-0.1, -0.05) is 37.1 Å². The summed E-state index contributed by atoms with van der Waals surface area (Å²) in [5, 5.41) is 20.0. The van der Waals surface area contributed by atoms with Gasteiger partial charge < -0.3 is 15.1 Å². The summed E-state index contributed by atoms with van der Waals surface area (Å²) in [4.78, 5) is 2.21. The number of likely N-dealkylation sites (tertiary alicyclic amines) is 1. The van der Waals surface area contributed by atoms with Gasteiger partial charge in [-0.15, -0.1) is 0 Å². The second-order valence-corrected chi connectivity index (χ2v) is 11.8. The standard InChI is InChI=1S/C27H43F2NO2/c1-18(10-12-30-16-21(17-30)27(3,28)29)24-8-9-25-20(5-4-11-26(24,25)2)7-6-19-13-22(31)15-23(32)14-19/h6-7,18,21-25,31-32H,4-5,8-17H2,1-3H3/b20-7+/t18-,22-,23-,24-,25+,26-/m1/s1. The second kappa shape index (κ2) is 9.46. The Labute approximate surface area is 193 Å². The van der Waals surface area contributed by atoms with E-state index in [1.165, 1.54) is 31.3 Å². The largest absolute Gasteiger partial charge is 0.393 e. The van der Waals surface area contributed by atoms with Gasteiger partial charge in [0.2, 0.25) is 0 Å². The molecule has 182 valence electrons. The third-order valence-corrected chi connectivity index (χ3v) is 9.37. The highest BCUT2D eigenvalue weighted by molar-refractivity contribution is 5.26. The van der Waals surface area contributed by atoms with Crippen LogP contribution in [0.4, 0.5) is 8.78 Å². The number of allylic oxidation sites excluding steroid dienone is 3. The Kier molecular flexibility index (Phi) is 7.20. The van der Waals surface area contributed by atoms with Crippen molar-refractivity contribution in [2.75, 3.05) is 19.6 Å². The average Bonchev–Trinajstić information content (AvgIpc) is 3.00. The zero-order valence-electron chi connectivity index (χ0n) is 20.2. The molecule has 0 aromatic carbocycles. The van der Waals surface area contributed by atoms with Crippen LogP contribution in [-0.4, -0.2) is 52.9 Å². The summed E-state index contributed by atoms with van der Waals surface area (Å²) in [5.74, 6) is -1.05. The van der Waals surface area contributed by atoms with Crippen molar-refractivity contribution in [3.63, 3.8) is 0 Å². The minimum Gasteiger partial charge on any atom is -0.393 e. The number of alkyl halides is 2. The lowest BCUT2D eigenvalue weighted by Gasteiger charge is -2.46. The third-order valence-electron chi connectivity index (χ3n) is 9.37. The quantitative estimate of drug-likeness (QED) is 0.554. The Balaban J connectivity index is 1.35. The van der Waals surface area contributed by atoms with Crippen molar-refractivity contribution in [3.8, 4) is 0 Å². The van der Waals surface area contributed by atoms with Gasteiger partial charge in [0.25, 0.3) is 5.92 Å². The molecule has 3 aliphatic carbocycles. The van der Waals surface area contributed by atoms with Crippen molar-refractivity contribution >= 4 is 0 Å². The lowest BCUT2D eigenvalue weighted by Crippen LogP contribution is -2.54. The van der Waals surface area contributed by atoms with E-state index in [1.807, 2.05) is 0 Å². The molecular weight excluding hydrogens is 408 g/mol. The topological polar surface area (TPSA) is 43.7 Å². The summed E-state index contributed by atoms with van der Waals surface area (Å²) in [6.45, 7) is 7.98. The van der Waals surface area contributed by atoms with Crippen molar-refractivity contribution in [1.82, 2.24) is 4.90 Å². The molecule has 3 nitrogen and oxygen atoms in total. The molecule has 1 aliphatic heterocycles. The van der Waals surface area contributed by atoms with E-state index >= 15 is 0 Å². The normalized spacial score (nSPS) is 39.1. The van der Waals surface area contributed by atoms with E-state index in [0.717, 1.165) is 26.3 Å². The fourth-order valence-corrected chi connectivity index (χ4v) is 7.41. The Bertz CT molecular complexity index is 712. The molecule has 4 fully saturated rings. The van der Waals surface area contributed by atoms with Gasteiger partial charge in [0.1, 0.15) is 0 Å². The van der Waals surface area contributed by atoms with Gasteiger partial charge in [0.05, 0.1) is 12.2 Å². The minimum atomic E-state index is -2.54. The molecule has 6 atom stereocenters. The van der Waals surface area contributed by atoms with Crippen LogP contribution in [0.2, 0.25) is 0 Å². The molecule has 1 saturated heterocycles. The zero-order valence-corrected chi connectivity index (χ0v) is 20.2. The van der Waals surface area contributed by atoms with Crippen LogP contribution in [0.25, 0.3) is 0 Å². The number of nitrogens with zero attached hydrogens (tertiary/aromatic N) is 1. The van der Waals surface area contributed by atoms with Crippen molar-refractivity contribution < 1.29 is 19.0 Å². The summed E-state index contributed by atoms with van der Waals surface area (Å²) in [6, 6.07) is 0. The summed E-state index contributed by atoms with van der Waals surface area (Å²) in [7, 11) is 0. The number of aliphatic hydroxyl groups is 2. The van der Waals surface area contributed by atoms with E-state index < -0.39 is 24.0 Å². The Hall–Kier alpha value is -0.780. The summed E-state index contributed by atoms with van der Waals surface area (Å²) in [6.07, 6.45) is 12.8. The van der Waals surface area contributed by atoms with Gasteiger partial charge in [-0.3, -0.25) is 0 Å². The molecule has 2 N–H and O–H groups in total. The summed E-state index contributed by atoms with van der Waals surface area (Å²) >= 11 is 0. The average molecular weight is 452 g/mol. The lowest BCUT2D eigenvalue weighted by molar-refractivity contribution is -0.104. The van der Waals surface area contributed by atoms with Crippen LogP contribution in [-0.2, 0) is 0 Å². The van der Waals surface area contributed by atoms with Gasteiger partial charge in [-0.2, -0.15) is 0 Å². The molecule has 0 aromatic heterocycles. The van der Waals surface area contributed by atoms with Gasteiger partial charge in [0.15, 0.2) is 0 Å². The van der Waals surface area contributed by atoms with Crippen LogP contribution < -0.4 is 0 Å². The minimum absolute atomic E-state index is 0.335. The van der Waals surface area contributed by atoms with Crippen molar-refractivity contribution in [2.24, 2.45) is 29.1 Å². The highest BCUT2D eigenvalue weighted by atomic mass is 19.3. The monoisotopic (exact) mass is 451 g/mol. The molecule has 0 aromatic rings. The lowest BCUT2D eigenvalue weighted by atomic mass is 9.61. The molecule has 3 saturated carbocycles. The smallest absolute Gasteiger partial charge is 0.250 e. The Morgan fingerprint density at radius 1 is 1.16 bits per heavy atom. The molecule has 4 aliphatic rings. The number of fused-ring (bicyclic) bond motifs is 1. The zero-order chi connectivity index (χ0) is 23.1. The van der Waals surface area contributed by atoms with Crippen LogP contribution >= 0.6 is 0 Å². The second-order valence-electron chi connectivity index (χ2n) is 11.8. The number of halogens is 2. The van der Waals surface area contributed by atoms with Crippen LogP contribution in [0.5, 0.6) is 0 Å². The molecular formula is C27H43F2NO2. The van der Waals surface area contributed by atoms with Gasteiger partial charge in [-0.25, -0.2) is 8.78 Å². The molecule has 0 radical (unpaired) electrons. The molecule has 4 rings (SSSR count). The first-order valence-electron chi connectivity index (χ1n) is 12.9. The maximum Gasteiger partial charge on any atom is 0.250 e. The predicted molar refractivity (Wildman–Crippen MR) is 125 cm³/mol. The highest BCUT2D eigenvalue weighted by Crippen LogP contribution is 2.59. The maximum absolute atomic E-state index is 13.4. The van der Waals surface area contributed by atoms with E-state index in [4.69, 9.17) is 0 Å². The fraction of sp³-hybridized carbons (Fsp3) is 0.852. The number of hydrogen-bond acceptors (Lipinski definition) is 3. The van der Waals surface area contributed by atoms with Crippen molar-refractivity contribution in [1.29, 1.82) is 0 Å². The van der Waals surface area contributed by atoms with Crippen molar-refractivity contribution in [2.45, 2.75) is 96.7 Å². The molecule has 0 amide bonds. The van der Waals surface area contributed by atoms with E-state index in [0.29, 0.717) is 55.5 Å². The molecule has 0 unspecified atom stereocenters. The van der Waals surface area contributed by atoms with Gasteiger partial charge in [-0.05, 0) is 94.4 Å². The Morgan fingerprint density at radius 3 is 2.50 bits per heavy atom. The van der Waals surface area contributed by atoms with Gasteiger partial charge in [0, 0.05) is 19.0 Å². The molecule has 32 heavy (non-hydrogen) atoms. The van der Waals surface area contributed by atoms with E-state index in [2.05, 4.69) is 30.9 Å². The highest BCUT2D eigenvalue weighted by Gasteiger charge is 2.50. The fourth-order valence-electron chi connectivity index (χ4n) is 7.41. The maximum atomic E-state index is 13.4. The van der Waals surface area contributed by atoms with E-state index in [-0.39, 0.29) is 0 Å². The van der Waals surface area contributed by atoms with Crippen LogP contribution in [0.3, 0.4) is 0 Å². The first-order chi connectivity index (χ1) is 15.1. The predicted octanol–water partition coefficient (Wildman–Crippen LogP) is 5.57. The van der Waals surface area contributed by atoms with Crippen LogP contribution in [0, 0.1) is 29.1 Å². The molecule has 5 heteroatoms. The van der Waals surface area contributed by atoms with Crippen LogP contribution in [0.1, 0.15) is 78.6 Å². The first-order valence-corrected chi connectivity index (χ1v) is 12.9. The third kappa shape index (κ3) is 5.15. The number of hydrogen-bond donors (Lipinski definition) is 2. The van der Waals surface area contributed by atoms with E-state index in [1.54, 1.807) is 5.57 Å². The Morgan fingerprint density at radius 2 is 1.84 bits per heavy atom. The van der Waals surface area contributed by atoms with Crippen LogP contribution in [0.15, 0.2) is 23.3 Å². The number of aliphatic hydroxyl groups excluding tert-OH is 2. The first kappa shape index (κ1) is 24.3. The molecule has 0 bridgehead atoms. The summed E-state index contributed by atoms with van der Waals surface area (Å²) in [5.41, 5.74) is 3.07. The molecule has 1 heterocycles. The number of rotatable bonds is 6. The van der Waals surface area contributed by atoms with E-state index in [9.17, 15) is 19.0 Å². The molecule has 0 spiro atoms. The summed E-state index contributed by atoms with van der Waals surface area (Å²) < 4.78 is 26.8. The SMILES string of the molecule is C[C@H](CCN1CC(C(C)(F)F)C1)[C@H]1CC[C@H]2/C(=C/C=C3C[C@@H](O)C[C@H](O)C3)CCC[C@]12C.